The molecular formula is C11H15BrFNO. The Hall–Kier alpha value is -0.610. The summed E-state index contributed by atoms with van der Waals surface area (Å²) in [5.74, 6) is 0.670. The third-order valence-electron chi connectivity index (χ3n) is 2.56. The number of hydrogen-bond donors (Lipinski definition) is 1. The number of hydrogen-bond acceptors (Lipinski definition) is 2. The Bertz CT molecular complexity index is 339. The van der Waals surface area contributed by atoms with Gasteiger partial charge in [-0.3, -0.25) is 4.39 Å². The number of benzene rings is 1. The molecule has 0 saturated carbocycles. The Morgan fingerprint density at radius 2 is 2.20 bits per heavy atom. The molecule has 0 aliphatic rings. The van der Waals surface area contributed by atoms with Gasteiger partial charge in [-0.15, -0.1) is 0 Å². The average molecular weight is 276 g/mol. The lowest BCUT2D eigenvalue weighted by atomic mass is 9.83. The summed E-state index contributed by atoms with van der Waals surface area (Å²) in [6.45, 7) is 1.53. The van der Waals surface area contributed by atoms with Crippen LogP contribution in [0, 0.1) is 0 Å². The van der Waals surface area contributed by atoms with Gasteiger partial charge in [-0.2, -0.15) is 0 Å². The fourth-order valence-electron chi connectivity index (χ4n) is 1.39. The van der Waals surface area contributed by atoms with Crippen LogP contribution in [0.15, 0.2) is 22.7 Å². The molecule has 0 aromatic heterocycles. The lowest BCUT2D eigenvalue weighted by Crippen LogP contribution is -2.34. The summed E-state index contributed by atoms with van der Waals surface area (Å²) in [7, 11) is 1.57. The molecule has 0 amide bonds. The third kappa shape index (κ3) is 2.49. The third-order valence-corrected chi connectivity index (χ3v) is 3.05. The summed E-state index contributed by atoms with van der Waals surface area (Å²) in [5, 5.41) is 0. The molecule has 0 fully saturated rings. The minimum absolute atomic E-state index is 0.246. The van der Waals surface area contributed by atoms with Gasteiger partial charge in [0.15, 0.2) is 0 Å². The zero-order valence-corrected chi connectivity index (χ0v) is 10.5. The van der Waals surface area contributed by atoms with Crippen molar-refractivity contribution in [3.05, 3.63) is 28.2 Å². The van der Waals surface area contributed by atoms with Crippen molar-refractivity contribution >= 4 is 15.9 Å². The van der Waals surface area contributed by atoms with E-state index in [1.54, 1.807) is 14.0 Å². The van der Waals surface area contributed by atoms with E-state index in [-0.39, 0.29) is 6.54 Å². The summed E-state index contributed by atoms with van der Waals surface area (Å²) in [4.78, 5) is 0. The van der Waals surface area contributed by atoms with Crippen molar-refractivity contribution in [2.24, 2.45) is 5.73 Å². The molecule has 2 nitrogen and oxygen atoms in total. The van der Waals surface area contributed by atoms with E-state index in [0.29, 0.717) is 5.75 Å². The minimum atomic E-state index is -0.685. The Morgan fingerprint density at radius 1 is 1.53 bits per heavy atom. The van der Waals surface area contributed by atoms with Crippen LogP contribution in [0.3, 0.4) is 0 Å². The molecule has 2 N–H and O–H groups in total. The van der Waals surface area contributed by atoms with Gasteiger partial charge in [0, 0.05) is 22.0 Å². The molecule has 1 atom stereocenters. The van der Waals surface area contributed by atoms with Crippen LogP contribution in [-0.2, 0) is 5.41 Å². The van der Waals surface area contributed by atoms with E-state index in [1.807, 2.05) is 18.2 Å². The quantitative estimate of drug-likeness (QED) is 0.917. The molecule has 1 aromatic rings. The van der Waals surface area contributed by atoms with Gasteiger partial charge in [0.2, 0.25) is 0 Å². The fraction of sp³-hybridized carbons (Fsp3) is 0.455. The Morgan fingerprint density at radius 3 is 2.67 bits per heavy atom. The molecule has 1 unspecified atom stereocenters. The standard InChI is InChI=1S/C11H15BrFNO/c1-11(6-13,7-14)9-5-8(12)3-4-10(9)15-2/h3-5H,6-7,14H2,1-2H3. The van der Waals surface area contributed by atoms with E-state index in [0.717, 1.165) is 10.0 Å². The summed E-state index contributed by atoms with van der Waals surface area (Å²) in [5.41, 5.74) is 5.72. The molecule has 1 aromatic carbocycles. The molecule has 0 heterocycles. The Labute approximate surface area is 97.7 Å². The molecule has 0 aliphatic heterocycles. The van der Waals surface area contributed by atoms with Gasteiger partial charge in [-0.25, -0.2) is 0 Å². The number of alkyl halides is 1. The second-order valence-corrected chi connectivity index (χ2v) is 4.66. The molecule has 84 valence electrons. The number of nitrogens with two attached hydrogens (primary N) is 1. The van der Waals surface area contributed by atoms with Crippen molar-refractivity contribution in [2.75, 3.05) is 20.3 Å². The zero-order chi connectivity index (χ0) is 11.5. The van der Waals surface area contributed by atoms with Gasteiger partial charge < -0.3 is 10.5 Å². The highest BCUT2D eigenvalue weighted by molar-refractivity contribution is 9.10. The van der Waals surface area contributed by atoms with Crippen LogP contribution >= 0.6 is 15.9 Å². The van der Waals surface area contributed by atoms with E-state index in [1.165, 1.54) is 0 Å². The van der Waals surface area contributed by atoms with E-state index in [9.17, 15) is 4.39 Å². The molecule has 15 heavy (non-hydrogen) atoms. The second-order valence-electron chi connectivity index (χ2n) is 3.74. The van der Waals surface area contributed by atoms with Crippen molar-refractivity contribution in [3.63, 3.8) is 0 Å². The summed E-state index contributed by atoms with van der Waals surface area (Å²) in [6, 6.07) is 5.52. The van der Waals surface area contributed by atoms with Crippen molar-refractivity contribution in [1.82, 2.24) is 0 Å². The highest BCUT2D eigenvalue weighted by Crippen LogP contribution is 2.33. The molecular weight excluding hydrogens is 261 g/mol. The minimum Gasteiger partial charge on any atom is -0.496 e. The SMILES string of the molecule is COc1ccc(Br)cc1C(C)(CN)CF. The van der Waals surface area contributed by atoms with Crippen molar-refractivity contribution in [1.29, 1.82) is 0 Å². The zero-order valence-electron chi connectivity index (χ0n) is 8.89. The molecule has 0 saturated heterocycles. The van der Waals surface area contributed by atoms with Crippen LogP contribution in [0.25, 0.3) is 0 Å². The summed E-state index contributed by atoms with van der Waals surface area (Å²) >= 11 is 3.36. The van der Waals surface area contributed by atoms with Gasteiger partial charge in [0.25, 0.3) is 0 Å². The van der Waals surface area contributed by atoms with Gasteiger partial charge in [-0.05, 0) is 18.2 Å². The first kappa shape index (κ1) is 12.5. The average Bonchev–Trinajstić information content (AvgIpc) is 2.28. The van der Waals surface area contributed by atoms with Crippen molar-refractivity contribution in [3.8, 4) is 5.75 Å². The molecule has 4 heteroatoms. The largest absolute Gasteiger partial charge is 0.496 e. The van der Waals surface area contributed by atoms with Gasteiger partial charge in [0.05, 0.1) is 7.11 Å². The molecule has 0 aliphatic carbocycles. The first-order chi connectivity index (χ1) is 7.07. The van der Waals surface area contributed by atoms with Gasteiger partial charge in [0.1, 0.15) is 12.4 Å². The lowest BCUT2D eigenvalue weighted by Gasteiger charge is -2.27. The highest BCUT2D eigenvalue weighted by atomic mass is 79.9. The number of rotatable bonds is 4. The van der Waals surface area contributed by atoms with Crippen LogP contribution in [-0.4, -0.2) is 20.3 Å². The van der Waals surface area contributed by atoms with Crippen LogP contribution in [0.4, 0.5) is 4.39 Å². The highest BCUT2D eigenvalue weighted by Gasteiger charge is 2.28. The lowest BCUT2D eigenvalue weighted by molar-refractivity contribution is 0.318. The maximum absolute atomic E-state index is 13.0. The number of methoxy groups -OCH3 is 1. The van der Waals surface area contributed by atoms with E-state index in [2.05, 4.69) is 15.9 Å². The number of ether oxygens (including phenoxy) is 1. The number of halogens is 2. The fourth-order valence-corrected chi connectivity index (χ4v) is 1.75. The van der Waals surface area contributed by atoms with Crippen molar-refractivity contribution in [2.45, 2.75) is 12.3 Å². The smallest absolute Gasteiger partial charge is 0.122 e. The maximum Gasteiger partial charge on any atom is 0.122 e. The van der Waals surface area contributed by atoms with Crippen LogP contribution in [0.2, 0.25) is 0 Å². The van der Waals surface area contributed by atoms with E-state index < -0.39 is 12.1 Å². The van der Waals surface area contributed by atoms with Gasteiger partial charge >= 0.3 is 0 Å². The molecule has 0 bridgehead atoms. The summed E-state index contributed by atoms with van der Waals surface area (Å²) in [6.07, 6.45) is 0. The van der Waals surface area contributed by atoms with E-state index in [4.69, 9.17) is 10.5 Å². The van der Waals surface area contributed by atoms with Crippen LogP contribution in [0.5, 0.6) is 5.75 Å². The predicted molar refractivity (Wildman–Crippen MR) is 63.1 cm³/mol. The predicted octanol–water partition coefficient (Wildman–Crippen LogP) is 2.64. The first-order valence-corrected chi connectivity index (χ1v) is 5.47. The van der Waals surface area contributed by atoms with Gasteiger partial charge in [-0.1, -0.05) is 22.9 Å². The van der Waals surface area contributed by atoms with Crippen LogP contribution < -0.4 is 10.5 Å². The topological polar surface area (TPSA) is 35.2 Å². The van der Waals surface area contributed by atoms with E-state index >= 15 is 0 Å². The Kier molecular flexibility index (Phi) is 4.11. The Balaban J connectivity index is 3.26. The molecule has 1 rings (SSSR count). The summed E-state index contributed by atoms with van der Waals surface area (Å²) < 4.78 is 19.1. The monoisotopic (exact) mass is 275 g/mol. The van der Waals surface area contributed by atoms with Crippen LogP contribution in [0.1, 0.15) is 12.5 Å². The second kappa shape index (κ2) is 4.94. The first-order valence-electron chi connectivity index (χ1n) is 4.67. The normalized spacial score (nSPS) is 14.7. The maximum atomic E-state index is 13.0. The van der Waals surface area contributed by atoms with Crippen molar-refractivity contribution < 1.29 is 9.13 Å². The molecule has 0 radical (unpaired) electrons. The molecule has 0 spiro atoms.